The standard InChI is InChI=1S/C27H17F3O4/c28-23-13-19(9-10-22(23)24-14-33-24)34-27(32)17-3-1-15(2-4-17)20-11-12-21(26(30)25(20)29)16-5-7-18(31)8-6-16/h1-13,24,31H,14H2. The fourth-order valence-corrected chi connectivity index (χ4v) is 3.65. The average Bonchev–Trinajstić information content (AvgIpc) is 3.67. The third-order valence-corrected chi connectivity index (χ3v) is 5.55. The van der Waals surface area contributed by atoms with Crippen molar-refractivity contribution >= 4 is 5.97 Å². The molecule has 1 fully saturated rings. The summed E-state index contributed by atoms with van der Waals surface area (Å²) in [5.74, 6) is -3.21. The van der Waals surface area contributed by atoms with Gasteiger partial charge in [-0.3, -0.25) is 0 Å². The van der Waals surface area contributed by atoms with Crippen molar-refractivity contribution in [2.75, 3.05) is 6.61 Å². The normalized spacial score (nSPS) is 14.6. The molecule has 5 rings (SSSR count). The van der Waals surface area contributed by atoms with E-state index >= 15 is 0 Å². The van der Waals surface area contributed by atoms with Crippen LogP contribution in [0, 0.1) is 17.5 Å². The first kappa shape index (κ1) is 21.7. The lowest BCUT2D eigenvalue weighted by molar-refractivity contribution is 0.0734. The lowest BCUT2D eigenvalue weighted by Crippen LogP contribution is -2.08. The van der Waals surface area contributed by atoms with Crippen LogP contribution in [-0.2, 0) is 4.74 Å². The number of aromatic hydroxyl groups is 1. The van der Waals surface area contributed by atoms with Gasteiger partial charge >= 0.3 is 5.97 Å². The van der Waals surface area contributed by atoms with E-state index in [-0.39, 0.29) is 34.3 Å². The van der Waals surface area contributed by atoms with Crippen LogP contribution in [0.25, 0.3) is 22.3 Å². The topological polar surface area (TPSA) is 59.1 Å². The van der Waals surface area contributed by atoms with Crippen molar-refractivity contribution in [1.82, 2.24) is 0 Å². The van der Waals surface area contributed by atoms with Crippen molar-refractivity contribution in [3.05, 3.63) is 107 Å². The third kappa shape index (κ3) is 4.25. The molecule has 0 bridgehead atoms. The second-order valence-electron chi connectivity index (χ2n) is 7.81. The number of epoxide rings is 1. The number of phenolic OH excluding ortho intramolecular Hbond substituents is 1. The molecule has 1 atom stereocenters. The molecule has 1 unspecified atom stereocenters. The molecule has 1 aliphatic heterocycles. The molecule has 1 saturated heterocycles. The fraction of sp³-hybridized carbons (Fsp3) is 0.0741. The zero-order valence-electron chi connectivity index (χ0n) is 17.6. The Morgan fingerprint density at radius 2 is 1.38 bits per heavy atom. The maximum absolute atomic E-state index is 14.8. The van der Waals surface area contributed by atoms with Crippen molar-refractivity contribution in [1.29, 1.82) is 0 Å². The van der Waals surface area contributed by atoms with E-state index in [1.165, 1.54) is 72.8 Å². The Bertz CT molecular complexity index is 1380. The molecule has 1 aliphatic rings. The Labute approximate surface area is 192 Å². The highest BCUT2D eigenvalue weighted by molar-refractivity contribution is 5.91. The van der Waals surface area contributed by atoms with Crippen molar-refractivity contribution in [2.45, 2.75) is 6.10 Å². The number of carbonyl (C=O) groups excluding carboxylic acids is 1. The van der Waals surface area contributed by atoms with Gasteiger partial charge in [-0.15, -0.1) is 0 Å². The Balaban J connectivity index is 1.34. The van der Waals surface area contributed by atoms with Crippen LogP contribution >= 0.6 is 0 Å². The summed E-state index contributed by atoms with van der Waals surface area (Å²) < 4.78 is 54.0. The summed E-state index contributed by atoms with van der Waals surface area (Å²) in [6.07, 6.45) is -0.252. The first-order chi connectivity index (χ1) is 16.4. The van der Waals surface area contributed by atoms with Gasteiger partial charge in [-0.1, -0.05) is 36.4 Å². The zero-order valence-corrected chi connectivity index (χ0v) is 17.6. The molecule has 1 N–H and O–H groups in total. The number of benzene rings is 4. The van der Waals surface area contributed by atoms with Crippen LogP contribution < -0.4 is 4.74 Å². The van der Waals surface area contributed by atoms with E-state index in [1.54, 1.807) is 0 Å². The molecule has 7 heteroatoms. The molecule has 4 aromatic rings. The monoisotopic (exact) mass is 462 g/mol. The SMILES string of the molecule is O=C(Oc1ccc(C2CO2)c(F)c1)c1ccc(-c2ccc(-c3ccc(O)cc3)c(F)c2F)cc1. The van der Waals surface area contributed by atoms with Crippen LogP contribution in [0.3, 0.4) is 0 Å². The van der Waals surface area contributed by atoms with Gasteiger partial charge in [0.2, 0.25) is 0 Å². The Hall–Kier alpha value is -4.10. The van der Waals surface area contributed by atoms with Crippen molar-refractivity contribution in [3.63, 3.8) is 0 Å². The lowest BCUT2D eigenvalue weighted by atomic mass is 9.98. The van der Waals surface area contributed by atoms with Crippen LogP contribution in [0.1, 0.15) is 22.0 Å². The number of hydrogen-bond acceptors (Lipinski definition) is 4. The molecule has 0 radical (unpaired) electrons. The van der Waals surface area contributed by atoms with Crippen LogP contribution in [0.2, 0.25) is 0 Å². The summed E-state index contributed by atoms with van der Waals surface area (Å²) in [5, 5.41) is 9.39. The van der Waals surface area contributed by atoms with Crippen LogP contribution in [0.5, 0.6) is 11.5 Å². The van der Waals surface area contributed by atoms with E-state index < -0.39 is 23.4 Å². The van der Waals surface area contributed by atoms with E-state index in [2.05, 4.69) is 0 Å². The number of rotatable bonds is 5. The lowest BCUT2D eigenvalue weighted by Gasteiger charge is -2.10. The number of hydrogen-bond donors (Lipinski definition) is 1. The predicted octanol–water partition coefficient (Wildman–Crippen LogP) is 6.43. The molecule has 0 aliphatic carbocycles. The first-order valence-corrected chi connectivity index (χ1v) is 10.4. The van der Waals surface area contributed by atoms with E-state index in [1.807, 2.05) is 0 Å². The Morgan fingerprint density at radius 1 is 0.824 bits per heavy atom. The number of ether oxygens (including phenoxy) is 2. The summed E-state index contributed by atoms with van der Waals surface area (Å²) in [6, 6.07) is 18.6. The second kappa shape index (κ2) is 8.68. The van der Waals surface area contributed by atoms with E-state index in [0.29, 0.717) is 23.3 Å². The van der Waals surface area contributed by atoms with Gasteiger partial charge < -0.3 is 14.6 Å². The molecule has 4 nitrogen and oxygen atoms in total. The molecule has 4 aromatic carbocycles. The summed E-state index contributed by atoms with van der Waals surface area (Å²) in [6.45, 7) is 0.465. The predicted molar refractivity (Wildman–Crippen MR) is 119 cm³/mol. The number of esters is 1. The van der Waals surface area contributed by atoms with Crippen molar-refractivity contribution in [3.8, 4) is 33.8 Å². The van der Waals surface area contributed by atoms with Gasteiger partial charge in [0.05, 0.1) is 12.2 Å². The molecular weight excluding hydrogens is 445 g/mol. The number of halogens is 3. The summed E-state index contributed by atoms with van der Waals surface area (Å²) in [7, 11) is 0. The highest BCUT2D eigenvalue weighted by atomic mass is 19.2. The number of phenols is 1. The van der Waals surface area contributed by atoms with Gasteiger partial charge in [0.15, 0.2) is 11.6 Å². The quantitative estimate of drug-likeness (QED) is 0.211. The molecule has 170 valence electrons. The van der Waals surface area contributed by atoms with Crippen LogP contribution in [0.4, 0.5) is 13.2 Å². The third-order valence-electron chi connectivity index (χ3n) is 5.55. The maximum Gasteiger partial charge on any atom is 0.343 e. The van der Waals surface area contributed by atoms with Crippen LogP contribution in [-0.4, -0.2) is 17.7 Å². The summed E-state index contributed by atoms with van der Waals surface area (Å²) >= 11 is 0. The maximum atomic E-state index is 14.8. The van der Waals surface area contributed by atoms with E-state index in [9.17, 15) is 23.1 Å². The largest absolute Gasteiger partial charge is 0.508 e. The van der Waals surface area contributed by atoms with E-state index in [0.717, 1.165) is 6.07 Å². The molecule has 34 heavy (non-hydrogen) atoms. The second-order valence-corrected chi connectivity index (χ2v) is 7.81. The van der Waals surface area contributed by atoms with Gasteiger partial charge in [-0.05, 0) is 47.5 Å². The molecule has 0 spiro atoms. The summed E-state index contributed by atoms with van der Waals surface area (Å²) in [5.41, 5.74) is 1.46. The average molecular weight is 462 g/mol. The molecule has 1 heterocycles. The van der Waals surface area contributed by atoms with Gasteiger partial charge in [0, 0.05) is 22.8 Å². The molecule has 0 aromatic heterocycles. The van der Waals surface area contributed by atoms with Gasteiger partial charge in [0.25, 0.3) is 0 Å². The van der Waals surface area contributed by atoms with Gasteiger partial charge in [0.1, 0.15) is 23.4 Å². The summed E-state index contributed by atoms with van der Waals surface area (Å²) in [4.78, 5) is 12.4. The molecule has 0 amide bonds. The fourth-order valence-electron chi connectivity index (χ4n) is 3.65. The highest BCUT2D eigenvalue weighted by Gasteiger charge is 2.28. The minimum atomic E-state index is -1.03. The molecule has 0 saturated carbocycles. The van der Waals surface area contributed by atoms with Gasteiger partial charge in [-0.25, -0.2) is 18.0 Å². The molecular formula is C27H17F3O4. The zero-order chi connectivity index (χ0) is 23.8. The number of carbonyl (C=O) groups is 1. The minimum Gasteiger partial charge on any atom is -0.508 e. The van der Waals surface area contributed by atoms with Crippen LogP contribution in [0.15, 0.2) is 78.9 Å². The van der Waals surface area contributed by atoms with Crippen molar-refractivity contribution in [2.24, 2.45) is 0 Å². The van der Waals surface area contributed by atoms with Gasteiger partial charge in [-0.2, -0.15) is 0 Å². The smallest absolute Gasteiger partial charge is 0.343 e. The first-order valence-electron chi connectivity index (χ1n) is 10.4. The Kier molecular flexibility index (Phi) is 5.55. The van der Waals surface area contributed by atoms with Crippen molar-refractivity contribution < 1.29 is 32.5 Å². The Morgan fingerprint density at radius 3 is 1.91 bits per heavy atom. The van der Waals surface area contributed by atoms with E-state index in [4.69, 9.17) is 9.47 Å². The highest BCUT2D eigenvalue weighted by Crippen LogP contribution is 2.34. The minimum absolute atomic E-state index is 0.0230.